The van der Waals surface area contributed by atoms with Crippen molar-refractivity contribution in [1.29, 1.82) is 0 Å². The summed E-state index contributed by atoms with van der Waals surface area (Å²) in [5.74, 6) is 0.0713. The van der Waals surface area contributed by atoms with Gasteiger partial charge in [0.25, 0.3) is 0 Å². The van der Waals surface area contributed by atoms with Crippen molar-refractivity contribution >= 4 is 34.8 Å². The molecule has 1 amide bonds. The van der Waals surface area contributed by atoms with Crippen LogP contribution in [0.25, 0.3) is 0 Å². The fourth-order valence-electron chi connectivity index (χ4n) is 3.51. The zero-order chi connectivity index (χ0) is 16.0. The summed E-state index contributed by atoms with van der Waals surface area (Å²) in [6.07, 6.45) is 0.333. The van der Waals surface area contributed by atoms with Crippen LogP contribution in [0.15, 0.2) is 30.3 Å². The van der Waals surface area contributed by atoms with Gasteiger partial charge >= 0.3 is 140 Å². The molecule has 0 radical (unpaired) electrons. The number of carbonyl (C=O) groups excluding carboxylic acids is 1. The Morgan fingerprint density at radius 2 is 2.09 bits per heavy atom. The van der Waals surface area contributed by atoms with Crippen LogP contribution in [0.3, 0.4) is 0 Å². The van der Waals surface area contributed by atoms with Crippen molar-refractivity contribution in [3.05, 3.63) is 30.3 Å². The van der Waals surface area contributed by atoms with Crippen LogP contribution in [0.2, 0.25) is 5.32 Å². The van der Waals surface area contributed by atoms with E-state index in [0.717, 1.165) is 5.32 Å². The molecule has 6 heteroatoms. The van der Waals surface area contributed by atoms with E-state index >= 15 is 0 Å². The van der Waals surface area contributed by atoms with Gasteiger partial charge < -0.3 is 0 Å². The number of ether oxygens (including phenoxy) is 1. The van der Waals surface area contributed by atoms with Gasteiger partial charge in [0.1, 0.15) is 0 Å². The second-order valence-corrected chi connectivity index (χ2v) is 8.89. The van der Waals surface area contributed by atoms with Crippen LogP contribution in [0.1, 0.15) is 20.3 Å². The first-order chi connectivity index (χ1) is 10.4. The summed E-state index contributed by atoms with van der Waals surface area (Å²) >= 11 is 0.262. The van der Waals surface area contributed by atoms with Crippen molar-refractivity contribution in [1.82, 2.24) is 4.90 Å². The molecule has 2 aliphatic heterocycles. The maximum atomic E-state index is 12.7. The summed E-state index contributed by atoms with van der Waals surface area (Å²) in [6, 6.07) is 10.5. The van der Waals surface area contributed by atoms with Gasteiger partial charge in [-0.05, 0) is 0 Å². The van der Waals surface area contributed by atoms with E-state index in [-0.39, 0.29) is 38.6 Å². The molecule has 0 bridgehead atoms. The summed E-state index contributed by atoms with van der Waals surface area (Å²) in [7, 11) is 4.15. The molecular formula is C16H22NO3PSe. The van der Waals surface area contributed by atoms with Gasteiger partial charge in [-0.15, -0.1) is 0 Å². The molecule has 2 fully saturated rings. The average Bonchev–Trinajstić information content (AvgIpc) is 2.97. The first-order valence-corrected chi connectivity index (χ1v) is 9.95. The molecule has 1 aromatic carbocycles. The molecule has 2 saturated heterocycles. The molecule has 4 atom stereocenters. The molecule has 0 spiro atoms. The van der Waals surface area contributed by atoms with E-state index in [1.807, 2.05) is 18.0 Å². The van der Waals surface area contributed by atoms with Crippen molar-refractivity contribution in [3.63, 3.8) is 0 Å². The predicted molar refractivity (Wildman–Crippen MR) is 90.0 cm³/mol. The van der Waals surface area contributed by atoms with Crippen LogP contribution in [0.4, 0.5) is 0 Å². The minimum absolute atomic E-state index is 0.108. The topological polar surface area (TPSA) is 38.8 Å². The first-order valence-electron chi connectivity index (χ1n) is 7.41. The number of likely N-dealkylation sites (tertiary alicyclic amines) is 1. The van der Waals surface area contributed by atoms with Gasteiger partial charge in [-0.2, -0.15) is 0 Å². The molecular weight excluding hydrogens is 364 g/mol. The SMILES string of the molecule is CN1C(=O)[C@@H]2C[C@H](OP)O[C@]2(C[Se]c2ccccc2)C1(C)C. The molecule has 3 rings (SSSR count). The standard InChI is InChI=1S/C16H22NO3PSe/c1-15(2)16(10-22-11-7-5-4-6-8-11)12(14(18)17(15)3)9-13(19-16)20-21/h4-8,12-13H,9-10,21H2,1-3H3/t12-,13-,16-/m0/s1. The van der Waals surface area contributed by atoms with E-state index in [1.54, 1.807) is 0 Å². The molecule has 4 nitrogen and oxygen atoms in total. The third-order valence-electron chi connectivity index (χ3n) is 5.18. The van der Waals surface area contributed by atoms with Crippen molar-refractivity contribution in [3.8, 4) is 0 Å². The van der Waals surface area contributed by atoms with E-state index < -0.39 is 5.60 Å². The molecule has 0 aromatic heterocycles. The first kappa shape index (κ1) is 16.4. The Morgan fingerprint density at radius 1 is 1.41 bits per heavy atom. The number of fused-ring (bicyclic) bond motifs is 1. The zero-order valence-electron chi connectivity index (χ0n) is 13.1. The molecule has 2 heterocycles. The Hall–Kier alpha value is -0.441. The Morgan fingerprint density at radius 3 is 2.73 bits per heavy atom. The summed E-state index contributed by atoms with van der Waals surface area (Å²) < 4.78 is 13.0. The summed E-state index contributed by atoms with van der Waals surface area (Å²) in [4.78, 5) is 14.5. The number of nitrogens with zero attached hydrogens (tertiary/aromatic N) is 1. The van der Waals surface area contributed by atoms with Gasteiger partial charge in [-0.1, -0.05) is 0 Å². The Kier molecular flexibility index (Phi) is 4.39. The number of benzene rings is 1. The number of carbonyl (C=O) groups is 1. The van der Waals surface area contributed by atoms with E-state index in [1.165, 1.54) is 4.46 Å². The summed E-state index contributed by atoms with van der Waals surface area (Å²) in [6.45, 7) is 4.22. The van der Waals surface area contributed by atoms with Gasteiger partial charge in [0, 0.05) is 0 Å². The normalized spacial score (nSPS) is 33.3. The van der Waals surface area contributed by atoms with Crippen LogP contribution < -0.4 is 4.46 Å². The quantitative estimate of drug-likeness (QED) is 0.583. The number of amides is 1. The molecule has 120 valence electrons. The van der Waals surface area contributed by atoms with Crippen molar-refractivity contribution in [2.24, 2.45) is 5.92 Å². The van der Waals surface area contributed by atoms with Crippen LogP contribution in [-0.4, -0.2) is 50.2 Å². The van der Waals surface area contributed by atoms with Crippen LogP contribution in [-0.2, 0) is 14.1 Å². The van der Waals surface area contributed by atoms with Gasteiger partial charge in [-0.3, -0.25) is 0 Å². The summed E-state index contributed by atoms with van der Waals surface area (Å²) in [5, 5.41) is 0.877. The zero-order valence-corrected chi connectivity index (χ0v) is 16.0. The third kappa shape index (κ3) is 2.35. The van der Waals surface area contributed by atoms with Crippen molar-refractivity contribution in [2.75, 3.05) is 7.05 Å². The van der Waals surface area contributed by atoms with Gasteiger partial charge in [0.2, 0.25) is 0 Å². The third-order valence-corrected chi connectivity index (χ3v) is 7.96. The Labute approximate surface area is 140 Å². The second kappa shape index (κ2) is 5.88. The van der Waals surface area contributed by atoms with Gasteiger partial charge in [0.05, 0.1) is 0 Å². The van der Waals surface area contributed by atoms with Crippen molar-refractivity contribution in [2.45, 2.75) is 43.0 Å². The second-order valence-electron chi connectivity index (χ2n) is 6.42. The predicted octanol–water partition coefficient (Wildman–Crippen LogP) is 1.59. The van der Waals surface area contributed by atoms with Crippen LogP contribution >= 0.6 is 9.47 Å². The van der Waals surface area contributed by atoms with E-state index in [4.69, 9.17) is 9.26 Å². The minimum atomic E-state index is -0.462. The number of hydrogen-bond acceptors (Lipinski definition) is 3. The maximum absolute atomic E-state index is 12.7. The molecule has 0 N–H and O–H groups in total. The molecule has 22 heavy (non-hydrogen) atoms. The fraction of sp³-hybridized carbons (Fsp3) is 0.562. The van der Waals surface area contributed by atoms with Crippen LogP contribution in [0.5, 0.6) is 0 Å². The molecule has 2 aliphatic rings. The van der Waals surface area contributed by atoms with E-state index in [2.05, 4.69) is 47.6 Å². The Bertz CT molecular complexity index is 568. The van der Waals surface area contributed by atoms with Crippen molar-refractivity contribution < 1.29 is 14.1 Å². The number of hydrogen-bond donors (Lipinski definition) is 0. The molecule has 0 aliphatic carbocycles. The Balaban J connectivity index is 1.90. The summed E-state index contributed by atoms with van der Waals surface area (Å²) in [5.41, 5.74) is -0.793. The average molecular weight is 386 g/mol. The van der Waals surface area contributed by atoms with Crippen LogP contribution in [0, 0.1) is 5.92 Å². The van der Waals surface area contributed by atoms with Gasteiger partial charge in [-0.25, -0.2) is 0 Å². The van der Waals surface area contributed by atoms with E-state index in [9.17, 15) is 4.79 Å². The molecule has 1 aromatic rings. The van der Waals surface area contributed by atoms with Gasteiger partial charge in [0.15, 0.2) is 0 Å². The number of likely N-dealkylation sites (N-methyl/N-ethyl adjacent to an activating group) is 1. The molecule has 1 unspecified atom stereocenters. The number of rotatable bonds is 4. The monoisotopic (exact) mass is 387 g/mol. The van der Waals surface area contributed by atoms with E-state index in [0.29, 0.717) is 6.42 Å². The molecule has 0 saturated carbocycles. The fourth-order valence-corrected chi connectivity index (χ4v) is 6.52.